The van der Waals surface area contributed by atoms with Crippen LogP contribution in [0.25, 0.3) is 0 Å². The van der Waals surface area contributed by atoms with Crippen molar-refractivity contribution < 1.29 is 37.0 Å². The van der Waals surface area contributed by atoms with Gasteiger partial charge in [-0.25, -0.2) is 8.42 Å². The quantitative estimate of drug-likeness (QED) is 0.0903. The molecule has 0 spiro atoms. The van der Waals surface area contributed by atoms with Crippen molar-refractivity contribution in [1.82, 2.24) is 15.4 Å². The number of sulfonamides is 1. The first-order chi connectivity index (χ1) is 24.4. The van der Waals surface area contributed by atoms with Gasteiger partial charge >= 0.3 is 0 Å². The lowest BCUT2D eigenvalue weighted by molar-refractivity contribution is -0.131. The van der Waals surface area contributed by atoms with Gasteiger partial charge in [0.15, 0.2) is 0 Å². The molecule has 51 heavy (non-hydrogen) atoms. The van der Waals surface area contributed by atoms with Crippen LogP contribution in [0.15, 0.2) is 120 Å². The number of carbonyl (C=O) groups is 3. The van der Waals surface area contributed by atoms with Crippen molar-refractivity contribution >= 4 is 35.1 Å². The third kappa shape index (κ3) is 12.2. The second kappa shape index (κ2) is 18.4. The van der Waals surface area contributed by atoms with Crippen molar-refractivity contribution in [3.63, 3.8) is 0 Å². The average Bonchev–Trinajstić information content (AvgIpc) is 3.12. The van der Waals surface area contributed by atoms with E-state index in [1.54, 1.807) is 30.3 Å². The minimum absolute atomic E-state index is 0.0963. The molecule has 4 rings (SSSR count). The molecule has 0 saturated carbocycles. The van der Waals surface area contributed by atoms with Gasteiger partial charge in [-0.05, 0) is 73.1 Å². The Labute approximate surface area is 298 Å². The number of amides is 3. The van der Waals surface area contributed by atoms with Crippen molar-refractivity contribution in [3.05, 3.63) is 132 Å². The van der Waals surface area contributed by atoms with Crippen LogP contribution in [0.2, 0.25) is 0 Å². The zero-order valence-corrected chi connectivity index (χ0v) is 29.9. The SMILES string of the molecule is COc1ccc(S(=O)(=O)NC(Cc2ccccc2)P(=O)(O)CC(=O)N[C@@H](CCc2ccccc2)C(=O)N[C@@H](CCc2ccccc2)C(N)=O)cc1. The molecular formula is C37H43N4O8PS. The Morgan fingerprint density at radius 1 is 0.745 bits per heavy atom. The number of rotatable bonds is 19. The predicted molar refractivity (Wildman–Crippen MR) is 195 cm³/mol. The topological polar surface area (TPSA) is 194 Å². The highest BCUT2D eigenvalue weighted by Crippen LogP contribution is 2.46. The standard InChI is InChI=1S/C37H43N4O8PS/c1-49-30-19-21-31(22-20-30)51(47,48)41-35(25-29-15-9-4-10-16-29)50(45,46)26-34(42)39-33(24-18-28-13-7-3-8-14-28)37(44)40-32(36(38)43)23-17-27-11-5-2-6-12-27/h2-16,19-22,32-33,35,41H,17-18,23-26H2,1H3,(H2,38,43)(H,39,42)(H,40,44)(H,45,46)/t32-,33-,35?/m0/s1. The molecule has 4 aromatic rings. The lowest BCUT2D eigenvalue weighted by Gasteiger charge is -2.26. The fourth-order valence-electron chi connectivity index (χ4n) is 5.40. The molecule has 4 aromatic carbocycles. The maximum atomic E-state index is 13.9. The average molecular weight is 735 g/mol. The first kappa shape index (κ1) is 39.0. The smallest absolute Gasteiger partial charge is 0.243 e. The Balaban J connectivity index is 1.53. The third-order valence-corrected chi connectivity index (χ3v) is 11.9. The van der Waals surface area contributed by atoms with Crippen LogP contribution in [0.1, 0.15) is 29.5 Å². The number of nitrogens with one attached hydrogen (secondary N) is 3. The predicted octanol–water partition coefficient (Wildman–Crippen LogP) is 3.53. The van der Waals surface area contributed by atoms with Crippen LogP contribution in [0.5, 0.6) is 5.75 Å². The van der Waals surface area contributed by atoms with Gasteiger partial charge in [0.25, 0.3) is 0 Å². The van der Waals surface area contributed by atoms with Crippen LogP contribution in [-0.2, 0) is 48.2 Å². The molecule has 14 heteroatoms. The molecular weight excluding hydrogens is 691 g/mol. The molecule has 4 atom stereocenters. The minimum atomic E-state index is -4.64. The second-order valence-electron chi connectivity index (χ2n) is 12.0. The van der Waals surface area contributed by atoms with E-state index in [2.05, 4.69) is 15.4 Å². The van der Waals surface area contributed by atoms with Crippen molar-refractivity contribution in [2.24, 2.45) is 5.73 Å². The number of carbonyl (C=O) groups excluding carboxylic acids is 3. The summed E-state index contributed by atoms with van der Waals surface area (Å²) in [5.74, 6) is -3.56. The molecule has 2 unspecified atom stereocenters. The number of hydrogen-bond acceptors (Lipinski definition) is 7. The summed E-state index contributed by atoms with van der Waals surface area (Å²) in [5, 5.41) is 5.20. The van der Waals surface area contributed by atoms with Crippen LogP contribution >= 0.6 is 7.37 Å². The molecule has 270 valence electrons. The monoisotopic (exact) mass is 734 g/mol. The van der Waals surface area contributed by atoms with E-state index in [0.717, 1.165) is 11.1 Å². The molecule has 3 amide bonds. The van der Waals surface area contributed by atoms with Crippen molar-refractivity contribution in [3.8, 4) is 5.75 Å². The molecule has 0 aromatic heterocycles. The molecule has 0 radical (unpaired) electrons. The van der Waals surface area contributed by atoms with Crippen molar-refractivity contribution in [1.29, 1.82) is 0 Å². The summed E-state index contributed by atoms with van der Waals surface area (Å²) in [4.78, 5) is 50.6. The molecule has 0 heterocycles. The van der Waals surface area contributed by atoms with E-state index in [9.17, 15) is 32.3 Å². The lowest BCUT2D eigenvalue weighted by atomic mass is 10.0. The van der Waals surface area contributed by atoms with Gasteiger partial charge in [0.1, 0.15) is 29.8 Å². The number of primary amides is 1. The van der Waals surface area contributed by atoms with E-state index in [0.29, 0.717) is 24.2 Å². The van der Waals surface area contributed by atoms with Gasteiger partial charge in [0, 0.05) is 0 Å². The van der Waals surface area contributed by atoms with Crippen LogP contribution in [0.4, 0.5) is 0 Å². The fraction of sp³-hybridized carbons (Fsp3) is 0.270. The molecule has 6 N–H and O–H groups in total. The molecule has 0 saturated heterocycles. The molecule has 12 nitrogen and oxygen atoms in total. The fourth-order valence-corrected chi connectivity index (χ4v) is 8.77. The minimum Gasteiger partial charge on any atom is -0.497 e. The van der Waals surface area contributed by atoms with Crippen molar-refractivity contribution in [2.75, 3.05) is 13.3 Å². The van der Waals surface area contributed by atoms with Crippen LogP contribution < -0.4 is 25.8 Å². The summed E-state index contributed by atoms with van der Waals surface area (Å²) in [6.07, 6.45) is -0.0576. The van der Waals surface area contributed by atoms with Crippen LogP contribution in [-0.4, -0.2) is 62.2 Å². The van der Waals surface area contributed by atoms with E-state index >= 15 is 0 Å². The Kier molecular flexibility index (Phi) is 14.1. The van der Waals surface area contributed by atoms with Gasteiger partial charge < -0.3 is 26.0 Å². The van der Waals surface area contributed by atoms with Gasteiger partial charge in [-0.15, -0.1) is 0 Å². The molecule has 0 aliphatic carbocycles. The third-order valence-electron chi connectivity index (χ3n) is 8.23. The van der Waals surface area contributed by atoms with E-state index in [4.69, 9.17) is 10.5 Å². The first-order valence-electron chi connectivity index (χ1n) is 16.3. The Morgan fingerprint density at radius 3 is 1.73 bits per heavy atom. The Bertz CT molecular complexity index is 1900. The van der Waals surface area contributed by atoms with E-state index in [-0.39, 0.29) is 24.2 Å². The Morgan fingerprint density at radius 2 is 1.24 bits per heavy atom. The summed E-state index contributed by atoms with van der Waals surface area (Å²) in [7, 11) is -7.53. The molecule has 0 aliphatic heterocycles. The number of aryl methyl sites for hydroxylation is 2. The number of hydrogen-bond donors (Lipinski definition) is 5. The Hall–Kier alpha value is -4.81. The number of methoxy groups -OCH3 is 1. The van der Waals surface area contributed by atoms with Gasteiger partial charge in [0.2, 0.25) is 35.1 Å². The molecule has 0 bridgehead atoms. The van der Waals surface area contributed by atoms with Gasteiger partial charge in [-0.1, -0.05) is 91.0 Å². The maximum absolute atomic E-state index is 13.9. The highest BCUT2D eigenvalue weighted by Gasteiger charge is 2.38. The summed E-state index contributed by atoms with van der Waals surface area (Å²) in [6.45, 7) is 0. The highest BCUT2D eigenvalue weighted by atomic mass is 32.2. The molecule has 0 fully saturated rings. The summed E-state index contributed by atoms with van der Waals surface area (Å²) in [6, 6.07) is 30.3. The summed E-state index contributed by atoms with van der Waals surface area (Å²) < 4.78 is 48.1. The lowest BCUT2D eigenvalue weighted by Crippen LogP contribution is -2.53. The van der Waals surface area contributed by atoms with Crippen LogP contribution in [0.3, 0.4) is 0 Å². The van der Waals surface area contributed by atoms with E-state index in [1.807, 2.05) is 60.7 Å². The molecule has 0 aliphatic rings. The van der Waals surface area contributed by atoms with Crippen LogP contribution in [0, 0.1) is 0 Å². The largest absolute Gasteiger partial charge is 0.497 e. The van der Waals surface area contributed by atoms with Crippen molar-refractivity contribution in [2.45, 2.75) is 54.9 Å². The zero-order valence-electron chi connectivity index (χ0n) is 28.2. The number of benzene rings is 4. The number of ether oxygens (including phenoxy) is 1. The highest BCUT2D eigenvalue weighted by molar-refractivity contribution is 7.90. The van der Waals surface area contributed by atoms with E-state index in [1.165, 1.54) is 31.4 Å². The van der Waals surface area contributed by atoms with Gasteiger partial charge in [-0.2, -0.15) is 4.72 Å². The zero-order chi connectivity index (χ0) is 36.9. The summed E-state index contributed by atoms with van der Waals surface area (Å²) in [5.41, 5.74) is 8.01. The summed E-state index contributed by atoms with van der Waals surface area (Å²) >= 11 is 0. The maximum Gasteiger partial charge on any atom is 0.243 e. The van der Waals surface area contributed by atoms with E-state index < -0.39 is 59.1 Å². The van der Waals surface area contributed by atoms with Gasteiger partial charge in [-0.3, -0.25) is 18.9 Å². The normalized spacial score (nSPS) is 14.3. The van der Waals surface area contributed by atoms with Gasteiger partial charge in [0.05, 0.1) is 12.0 Å². The number of nitrogens with two attached hydrogens (primary N) is 1. The first-order valence-corrected chi connectivity index (χ1v) is 19.7. The second-order valence-corrected chi connectivity index (χ2v) is 16.2.